The van der Waals surface area contributed by atoms with Crippen LogP contribution in [0.5, 0.6) is 5.75 Å². The van der Waals surface area contributed by atoms with Gasteiger partial charge in [-0.3, -0.25) is 14.9 Å². The molecular formula is C28H36N3O6+. The second-order valence-corrected chi connectivity index (χ2v) is 9.86. The molecule has 0 spiro atoms. The molecule has 0 aliphatic heterocycles. The molecule has 0 aromatic heterocycles. The van der Waals surface area contributed by atoms with Crippen molar-refractivity contribution < 1.29 is 28.8 Å². The molecular weight excluding hydrogens is 474 g/mol. The molecule has 2 atom stereocenters. The van der Waals surface area contributed by atoms with E-state index in [-0.39, 0.29) is 31.1 Å². The van der Waals surface area contributed by atoms with E-state index >= 15 is 0 Å². The van der Waals surface area contributed by atoms with Crippen molar-refractivity contribution >= 4 is 22.4 Å². The van der Waals surface area contributed by atoms with Crippen LogP contribution in [0, 0.1) is 10.1 Å². The molecule has 37 heavy (non-hydrogen) atoms. The highest BCUT2D eigenvalue weighted by Gasteiger charge is 2.24. The quantitative estimate of drug-likeness (QED) is 0.157. The molecule has 3 aromatic carbocycles. The largest absolute Gasteiger partial charge is 0.484 e. The molecule has 0 amide bonds. The van der Waals surface area contributed by atoms with Gasteiger partial charge >= 0.3 is 11.7 Å². The van der Waals surface area contributed by atoms with Crippen LogP contribution < -0.4 is 10.5 Å². The first-order chi connectivity index (χ1) is 17.6. The molecule has 3 aromatic rings. The van der Waals surface area contributed by atoms with Crippen LogP contribution in [0.4, 0.5) is 5.69 Å². The molecule has 0 heterocycles. The molecule has 0 saturated carbocycles. The fourth-order valence-corrected chi connectivity index (χ4v) is 4.27. The Labute approximate surface area is 217 Å². The first-order valence-corrected chi connectivity index (χ1v) is 12.4. The van der Waals surface area contributed by atoms with E-state index in [1.54, 1.807) is 13.0 Å². The number of aliphatic hydroxyl groups excluding tert-OH is 1. The van der Waals surface area contributed by atoms with Gasteiger partial charge in [0.1, 0.15) is 25.3 Å². The minimum atomic E-state index is -0.914. The number of carbonyl (C=O) groups excluding carboxylic acids is 1. The van der Waals surface area contributed by atoms with Crippen LogP contribution in [0.1, 0.15) is 18.1 Å². The number of nitrogens with zero attached hydrogens (tertiary/aromatic N) is 2. The monoisotopic (exact) mass is 510 g/mol. The summed E-state index contributed by atoms with van der Waals surface area (Å²) >= 11 is 0. The van der Waals surface area contributed by atoms with Crippen LogP contribution in [0.3, 0.4) is 0 Å². The number of hydrogen-bond donors (Lipinski definition) is 2. The Morgan fingerprint density at radius 2 is 1.78 bits per heavy atom. The maximum atomic E-state index is 11.8. The molecule has 0 aliphatic rings. The summed E-state index contributed by atoms with van der Waals surface area (Å²) in [7, 11) is 4.07. The Morgan fingerprint density at radius 1 is 1.08 bits per heavy atom. The predicted octanol–water partition coefficient (Wildman–Crippen LogP) is 3.24. The molecule has 198 valence electrons. The second kappa shape index (κ2) is 12.6. The van der Waals surface area contributed by atoms with Crippen molar-refractivity contribution in [3.8, 4) is 5.75 Å². The Balaban J connectivity index is 1.55. The summed E-state index contributed by atoms with van der Waals surface area (Å²) in [6.07, 6.45) is 0.140. The normalized spacial score (nSPS) is 13.2. The molecule has 0 radical (unpaired) electrons. The predicted molar refractivity (Wildman–Crippen MR) is 142 cm³/mol. The van der Waals surface area contributed by atoms with Crippen molar-refractivity contribution in [2.24, 2.45) is 5.73 Å². The number of nitro groups is 1. The SMILES string of the molecule is CCOC(=O)[C@@H](N)Cc1ccc(OC[C@H](O)C[N+](C)(C)CCc2ccc3ccccc3c2)c([N+](=O)[O-])c1. The highest BCUT2D eigenvalue weighted by Crippen LogP contribution is 2.29. The molecule has 3 rings (SSSR count). The van der Waals surface area contributed by atoms with Gasteiger partial charge in [-0.15, -0.1) is 0 Å². The van der Waals surface area contributed by atoms with Gasteiger partial charge in [-0.05, 0) is 41.3 Å². The lowest BCUT2D eigenvalue weighted by Crippen LogP contribution is -2.48. The number of nitrogens with two attached hydrogens (primary N) is 1. The third-order valence-corrected chi connectivity index (χ3v) is 6.22. The average Bonchev–Trinajstić information content (AvgIpc) is 2.86. The Kier molecular flexibility index (Phi) is 9.57. The number of rotatable bonds is 13. The number of quaternary nitrogens is 1. The summed E-state index contributed by atoms with van der Waals surface area (Å²) in [5, 5.41) is 24.6. The second-order valence-electron chi connectivity index (χ2n) is 9.86. The van der Waals surface area contributed by atoms with Gasteiger partial charge in [0.25, 0.3) is 0 Å². The van der Waals surface area contributed by atoms with Crippen LogP contribution in [0.15, 0.2) is 60.7 Å². The molecule has 0 unspecified atom stereocenters. The molecule has 0 saturated heterocycles. The summed E-state index contributed by atoms with van der Waals surface area (Å²) in [5.41, 5.74) is 7.34. The summed E-state index contributed by atoms with van der Waals surface area (Å²) in [6, 6.07) is 18.2. The van der Waals surface area contributed by atoms with E-state index in [4.69, 9.17) is 15.2 Å². The van der Waals surface area contributed by atoms with E-state index in [0.29, 0.717) is 16.6 Å². The number of esters is 1. The number of carbonyl (C=O) groups is 1. The van der Waals surface area contributed by atoms with Crippen molar-refractivity contribution in [1.82, 2.24) is 0 Å². The van der Waals surface area contributed by atoms with E-state index in [9.17, 15) is 20.0 Å². The smallest absolute Gasteiger partial charge is 0.323 e. The highest BCUT2D eigenvalue weighted by atomic mass is 16.6. The number of benzene rings is 3. The summed E-state index contributed by atoms with van der Waals surface area (Å²) in [5.74, 6) is -0.506. The molecule has 0 aliphatic carbocycles. The molecule has 0 fully saturated rings. The number of fused-ring (bicyclic) bond motifs is 1. The maximum absolute atomic E-state index is 11.8. The van der Waals surface area contributed by atoms with E-state index in [2.05, 4.69) is 30.3 Å². The summed E-state index contributed by atoms with van der Waals surface area (Å²) in [6.45, 7) is 3.04. The number of likely N-dealkylation sites (N-methyl/N-ethyl adjacent to an activating group) is 1. The third-order valence-electron chi connectivity index (χ3n) is 6.22. The third kappa shape index (κ3) is 8.24. The van der Waals surface area contributed by atoms with Crippen LogP contribution in [0.25, 0.3) is 10.8 Å². The first kappa shape index (κ1) is 28.0. The van der Waals surface area contributed by atoms with Gasteiger partial charge in [-0.25, -0.2) is 0 Å². The summed E-state index contributed by atoms with van der Waals surface area (Å²) in [4.78, 5) is 22.8. The molecule has 9 heteroatoms. The van der Waals surface area contributed by atoms with Crippen molar-refractivity contribution in [2.45, 2.75) is 31.9 Å². The van der Waals surface area contributed by atoms with Crippen LogP contribution in [-0.4, -0.2) is 73.0 Å². The fourth-order valence-electron chi connectivity index (χ4n) is 4.27. The van der Waals surface area contributed by atoms with Crippen molar-refractivity contribution in [3.63, 3.8) is 0 Å². The van der Waals surface area contributed by atoms with Gasteiger partial charge < -0.3 is 24.8 Å². The lowest BCUT2D eigenvalue weighted by atomic mass is 10.0. The standard InChI is InChI=1S/C28H36N3O6/c1-4-36-28(33)25(29)16-21-10-12-27(26(17-21)30(34)35)37-19-24(32)18-31(2,3)14-13-20-9-11-22-7-5-6-8-23(22)15-20/h5-12,15,17,24-25,32H,4,13-14,16,18-19,29H2,1-3H3/q+1/t24-,25+/m1/s1. The van der Waals surface area contributed by atoms with Crippen molar-refractivity contribution in [1.29, 1.82) is 0 Å². The zero-order valence-corrected chi connectivity index (χ0v) is 21.6. The van der Waals surface area contributed by atoms with Crippen LogP contribution in [-0.2, 0) is 22.4 Å². The van der Waals surface area contributed by atoms with Crippen molar-refractivity contribution in [2.75, 3.05) is 40.4 Å². The minimum Gasteiger partial charge on any atom is -0.484 e. The topological polar surface area (TPSA) is 125 Å². The maximum Gasteiger partial charge on any atom is 0.323 e. The van der Waals surface area contributed by atoms with Gasteiger partial charge in [0.2, 0.25) is 0 Å². The van der Waals surface area contributed by atoms with Gasteiger partial charge in [0, 0.05) is 12.5 Å². The zero-order chi connectivity index (χ0) is 27.0. The Bertz CT molecular complexity index is 1230. The first-order valence-electron chi connectivity index (χ1n) is 12.4. The summed E-state index contributed by atoms with van der Waals surface area (Å²) < 4.78 is 11.1. The number of aliphatic hydroxyl groups is 1. The zero-order valence-electron chi connectivity index (χ0n) is 21.6. The number of hydrogen-bond acceptors (Lipinski definition) is 7. The molecule has 9 nitrogen and oxygen atoms in total. The van der Waals surface area contributed by atoms with E-state index in [1.807, 2.05) is 26.2 Å². The van der Waals surface area contributed by atoms with Gasteiger partial charge in [0.05, 0.1) is 32.2 Å². The lowest BCUT2D eigenvalue weighted by molar-refractivity contribution is -0.893. The average molecular weight is 511 g/mol. The minimum absolute atomic E-state index is 0.0546. The highest BCUT2D eigenvalue weighted by molar-refractivity contribution is 5.83. The lowest BCUT2D eigenvalue weighted by Gasteiger charge is -2.32. The van der Waals surface area contributed by atoms with E-state index in [0.717, 1.165) is 13.0 Å². The molecule has 3 N–H and O–H groups in total. The van der Waals surface area contributed by atoms with Gasteiger partial charge in [-0.2, -0.15) is 0 Å². The van der Waals surface area contributed by atoms with E-state index < -0.39 is 23.0 Å². The fraction of sp³-hybridized carbons (Fsp3) is 0.393. The molecule has 0 bridgehead atoms. The van der Waals surface area contributed by atoms with Gasteiger partial charge in [0.15, 0.2) is 5.75 Å². The van der Waals surface area contributed by atoms with E-state index in [1.165, 1.54) is 28.5 Å². The van der Waals surface area contributed by atoms with Crippen molar-refractivity contribution in [3.05, 3.63) is 81.9 Å². The van der Waals surface area contributed by atoms with Crippen LogP contribution >= 0.6 is 0 Å². The van der Waals surface area contributed by atoms with Crippen LogP contribution in [0.2, 0.25) is 0 Å². The number of nitro benzene ring substituents is 1. The Morgan fingerprint density at radius 3 is 2.49 bits per heavy atom. The Hall–Kier alpha value is -3.53. The van der Waals surface area contributed by atoms with Gasteiger partial charge in [-0.1, -0.05) is 48.5 Å². The number of ether oxygens (including phenoxy) is 2.